The zero-order valence-electron chi connectivity index (χ0n) is 17.6. The van der Waals surface area contributed by atoms with E-state index in [0.29, 0.717) is 11.4 Å². The predicted molar refractivity (Wildman–Crippen MR) is 127 cm³/mol. The number of nitrogen functional groups attached to an aromatic ring is 2. The number of benzene rings is 3. The number of para-hydroxylation sites is 2. The number of aldehydes is 1. The van der Waals surface area contributed by atoms with Crippen molar-refractivity contribution >= 4 is 34.1 Å². The van der Waals surface area contributed by atoms with Crippen LogP contribution in [0, 0.1) is 6.92 Å². The van der Waals surface area contributed by atoms with E-state index in [-0.39, 0.29) is 0 Å². The summed E-state index contributed by atoms with van der Waals surface area (Å²) in [6, 6.07) is 17.4. The van der Waals surface area contributed by atoms with Crippen LogP contribution in [-0.4, -0.2) is 12.8 Å². The zero-order valence-corrected chi connectivity index (χ0v) is 17.6. The molecule has 29 heavy (non-hydrogen) atoms. The largest absolute Gasteiger partial charge is 0.397 e. The van der Waals surface area contributed by atoms with Gasteiger partial charge in [0.1, 0.15) is 0 Å². The first-order valence-corrected chi connectivity index (χ1v) is 10.4. The second-order valence-electron chi connectivity index (χ2n) is 7.29. The Balaban J connectivity index is 0.000000313. The lowest BCUT2D eigenvalue weighted by Crippen LogP contribution is -2.02. The van der Waals surface area contributed by atoms with Crippen molar-refractivity contribution in [3.63, 3.8) is 0 Å². The summed E-state index contributed by atoms with van der Waals surface area (Å²) in [5, 5.41) is 5.75. The number of aryl methyl sites for hydroxylation is 1. The number of nitrogens with two attached hydrogens (primary N) is 2. The van der Waals surface area contributed by atoms with Crippen molar-refractivity contribution in [2.75, 3.05) is 23.3 Å². The standard InChI is InChI=1S/C19H25NO.C6H8N2/c1-3-4-5-6-7-13-20-18-12-11-15(2)19-16(14-21)9-8-10-17(18)19;7-5-3-1-2-4-6(5)8/h8-12,14,20H,3-7,13H2,1-2H3;1-4H,7-8H2. The number of hydrogen-bond donors (Lipinski definition) is 3. The first-order chi connectivity index (χ1) is 14.1. The quantitative estimate of drug-likeness (QED) is 0.243. The number of unbranched alkanes of at least 4 members (excludes halogenated alkanes) is 4. The van der Waals surface area contributed by atoms with Crippen molar-refractivity contribution in [2.24, 2.45) is 0 Å². The number of anilines is 3. The van der Waals surface area contributed by atoms with Gasteiger partial charge in [-0.15, -0.1) is 0 Å². The van der Waals surface area contributed by atoms with Crippen LogP contribution in [0.15, 0.2) is 54.6 Å². The number of carbonyl (C=O) groups is 1. The SMILES string of the molecule is CCCCCCCNc1ccc(C)c2c(C=O)cccc12.Nc1ccccc1N. The summed E-state index contributed by atoms with van der Waals surface area (Å²) in [6.45, 7) is 5.29. The predicted octanol–water partition coefficient (Wildman–Crippen LogP) is 6.19. The van der Waals surface area contributed by atoms with Crippen molar-refractivity contribution in [3.05, 3.63) is 65.7 Å². The van der Waals surface area contributed by atoms with E-state index in [1.54, 1.807) is 12.1 Å². The maximum atomic E-state index is 11.2. The Labute approximate surface area is 174 Å². The summed E-state index contributed by atoms with van der Waals surface area (Å²) in [7, 11) is 0. The van der Waals surface area contributed by atoms with Crippen LogP contribution in [0.2, 0.25) is 0 Å². The molecule has 0 aliphatic heterocycles. The molecule has 0 bridgehead atoms. The van der Waals surface area contributed by atoms with Gasteiger partial charge in [-0.3, -0.25) is 4.79 Å². The van der Waals surface area contributed by atoms with Gasteiger partial charge in [0.25, 0.3) is 0 Å². The fourth-order valence-corrected chi connectivity index (χ4v) is 3.33. The molecule has 3 rings (SSSR count). The van der Waals surface area contributed by atoms with E-state index in [1.165, 1.54) is 32.1 Å². The Hall–Kier alpha value is -3.01. The van der Waals surface area contributed by atoms with Crippen LogP contribution in [0.5, 0.6) is 0 Å². The third-order valence-electron chi connectivity index (χ3n) is 5.00. The normalized spacial score (nSPS) is 10.3. The Morgan fingerprint density at radius 3 is 2.17 bits per heavy atom. The molecule has 0 radical (unpaired) electrons. The number of carbonyl (C=O) groups excluding carboxylic acids is 1. The van der Waals surface area contributed by atoms with Gasteiger partial charge in [-0.2, -0.15) is 0 Å². The summed E-state index contributed by atoms with van der Waals surface area (Å²) in [4.78, 5) is 11.2. The lowest BCUT2D eigenvalue weighted by atomic mass is 9.99. The summed E-state index contributed by atoms with van der Waals surface area (Å²) < 4.78 is 0. The highest BCUT2D eigenvalue weighted by atomic mass is 16.1. The highest BCUT2D eigenvalue weighted by Crippen LogP contribution is 2.28. The van der Waals surface area contributed by atoms with Gasteiger partial charge in [0, 0.05) is 23.2 Å². The van der Waals surface area contributed by atoms with E-state index >= 15 is 0 Å². The van der Waals surface area contributed by atoms with Crippen LogP contribution in [0.25, 0.3) is 10.8 Å². The molecule has 0 heterocycles. The molecule has 0 fully saturated rings. The molecule has 0 unspecified atom stereocenters. The van der Waals surface area contributed by atoms with E-state index in [2.05, 4.69) is 37.4 Å². The molecule has 5 N–H and O–H groups in total. The topological polar surface area (TPSA) is 81.1 Å². The van der Waals surface area contributed by atoms with E-state index in [4.69, 9.17) is 11.5 Å². The molecule has 3 aromatic rings. The third-order valence-corrected chi connectivity index (χ3v) is 5.00. The van der Waals surface area contributed by atoms with E-state index in [0.717, 1.165) is 40.4 Å². The van der Waals surface area contributed by atoms with Gasteiger partial charge in [-0.1, -0.05) is 69.0 Å². The molecule has 3 aromatic carbocycles. The van der Waals surface area contributed by atoms with E-state index in [1.807, 2.05) is 24.3 Å². The number of nitrogens with one attached hydrogen (secondary N) is 1. The van der Waals surface area contributed by atoms with Gasteiger partial charge < -0.3 is 16.8 Å². The Kier molecular flexibility index (Phi) is 9.03. The van der Waals surface area contributed by atoms with Crippen LogP contribution in [0.3, 0.4) is 0 Å². The molecule has 4 nitrogen and oxygen atoms in total. The zero-order chi connectivity index (χ0) is 21.1. The minimum Gasteiger partial charge on any atom is -0.397 e. The Bertz CT molecular complexity index is 900. The van der Waals surface area contributed by atoms with Crippen molar-refractivity contribution in [3.8, 4) is 0 Å². The maximum absolute atomic E-state index is 11.2. The van der Waals surface area contributed by atoms with Gasteiger partial charge >= 0.3 is 0 Å². The summed E-state index contributed by atoms with van der Waals surface area (Å²) in [5.74, 6) is 0. The molecule has 0 amide bonds. The fourth-order valence-electron chi connectivity index (χ4n) is 3.33. The van der Waals surface area contributed by atoms with Gasteiger partial charge in [0.15, 0.2) is 6.29 Å². The lowest BCUT2D eigenvalue weighted by molar-refractivity contribution is 0.112. The van der Waals surface area contributed by atoms with Crippen LogP contribution in [0.4, 0.5) is 17.1 Å². The summed E-state index contributed by atoms with van der Waals surface area (Å²) in [6.07, 6.45) is 7.36. The third kappa shape index (κ3) is 6.53. The monoisotopic (exact) mass is 391 g/mol. The first kappa shape index (κ1) is 22.3. The molecular weight excluding hydrogens is 358 g/mol. The molecule has 0 spiro atoms. The van der Waals surface area contributed by atoms with Crippen molar-refractivity contribution in [1.82, 2.24) is 0 Å². The molecule has 0 aliphatic carbocycles. The molecule has 0 aliphatic rings. The highest BCUT2D eigenvalue weighted by molar-refractivity contribution is 6.05. The highest BCUT2D eigenvalue weighted by Gasteiger charge is 2.07. The maximum Gasteiger partial charge on any atom is 0.150 e. The van der Waals surface area contributed by atoms with Crippen molar-refractivity contribution in [2.45, 2.75) is 46.0 Å². The van der Waals surface area contributed by atoms with E-state index < -0.39 is 0 Å². The van der Waals surface area contributed by atoms with Crippen LogP contribution in [-0.2, 0) is 0 Å². The van der Waals surface area contributed by atoms with Crippen LogP contribution in [0.1, 0.15) is 54.9 Å². The van der Waals surface area contributed by atoms with Crippen molar-refractivity contribution < 1.29 is 4.79 Å². The van der Waals surface area contributed by atoms with E-state index in [9.17, 15) is 4.79 Å². The summed E-state index contributed by atoms with van der Waals surface area (Å²) >= 11 is 0. The fraction of sp³-hybridized carbons (Fsp3) is 0.320. The first-order valence-electron chi connectivity index (χ1n) is 10.4. The Morgan fingerprint density at radius 1 is 0.862 bits per heavy atom. The lowest BCUT2D eigenvalue weighted by Gasteiger charge is -2.12. The molecule has 0 saturated heterocycles. The second kappa shape index (κ2) is 11.7. The molecule has 0 aromatic heterocycles. The molecule has 0 saturated carbocycles. The molecular formula is C25H33N3O. The van der Waals surface area contributed by atoms with Crippen LogP contribution < -0.4 is 16.8 Å². The van der Waals surface area contributed by atoms with Gasteiger partial charge in [0.05, 0.1) is 11.4 Å². The van der Waals surface area contributed by atoms with Gasteiger partial charge in [-0.05, 0) is 42.5 Å². The number of rotatable bonds is 8. The van der Waals surface area contributed by atoms with Crippen molar-refractivity contribution in [1.29, 1.82) is 0 Å². The average molecular weight is 392 g/mol. The van der Waals surface area contributed by atoms with Gasteiger partial charge in [-0.25, -0.2) is 0 Å². The number of hydrogen-bond acceptors (Lipinski definition) is 4. The summed E-state index contributed by atoms with van der Waals surface area (Å²) in [5.41, 5.74) is 15.1. The van der Waals surface area contributed by atoms with Crippen LogP contribution >= 0.6 is 0 Å². The Morgan fingerprint density at radius 2 is 1.55 bits per heavy atom. The van der Waals surface area contributed by atoms with Gasteiger partial charge in [0.2, 0.25) is 0 Å². The molecule has 0 atom stereocenters. The minimum atomic E-state index is 0.646. The molecule has 154 valence electrons. The second-order valence-corrected chi connectivity index (χ2v) is 7.29. The molecule has 4 heteroatoms. The number of fused-ring (bicyclic) bond motifs is 1. The smallest absolute Gasteiger partial charge is 0.150 e. The minimum absolute atomic E-state index is 0.646. The average Bonchev–Trinajstić information content (AvgIpc) is 2.74.